The van der Waals surface area contributed by atoms with Crippen molar-refractivity contribution >= 4 is 50.3 Å². The molecule has 0 atom stereocenters. The summed E-state index contributed by atoms with van der Waals surface area (Å²) in [6, 6.07) is 0. The molecule has 0 heterocycles. The summed E-state index contributed by atoms with van der Waals surface area (Å²) in [5, 5.41) is 0. The van der Waals surface area contributed by atoms with Crippen LogP contribution >= 0.6 is 0 Å². The van der Waals surface area contributed by atoms with Crippen LogP contribution in [0.2, 0.25) is 17.7 Å². The van der Waals surface area contributed by atoms with E-state index >= 15 is 0 Å². The van der Waals surface area contributed by atoms with Gasteiger partial charge in [0.2, 0.25) is 0 Å². The third-order valence-corrected chi connectivity index (χ3v) is 44.1. The summed E-state index contributed by atoms with van der Waals surface area (Å²) in [5.74, 6) is -0.0170. The average Bonchev–Trinajstić information content (AvgIpc) is 3.17. The van der Waals surface area contributed by atoms with Gasteiger partial charge in [-0.2, -0.15) is 0 Å². The van der Waals surface area contributed by atoms with E-state index in [0.29, 0.717) is 12.8 Å². The van der Waals surface area contributed by atoms with Crippen LogP contribution in [0.5, 0.6) is 0 Å². The molecule has 0 aromatic heterocycles. The zero-order chi connectivity index (χ0) is 40.6. The molecule has 7 heteroatoms. The molecular weight excluding hydrogens is 894 g/mol. The maximum absolute atomic E-state index is 14.0. The topological polar surface area (TPSA) is 61.8 Å². The first kappa shape index (κ1) is 55.5. The predicted molar refractivity (Wildman–Crippen MR) is 244 cm³/mol. The molecule has 0 radical (unpaired) electrons. The van der Waals surface area contributed by atoms with Gasteiger partial charge in [-0.3, -0.25) is 0 Å². The molecule has 0 aliphatic rings. The molecule has 0 aliphatic heterocycles. The molecule has 0 fully saturated rings. The summed E-state index contributed by atoms with van der Waals surface area (Å²) in [7, 11) is 0. The van der Waals surface area contributed by atoms with Crippen LogP contribution in [0.4, 0.5) is 0 Å². The van der Waals surface area contributed by atoms with Crippen molar-refractivity contribution in [3.05, 3.63) is 0 Å². The normalized spacial score (nSPS) is 12.0. The second kappa shape index (κ2) is 41.2. The first-order valence-electron chi connectivity index (χ1n) is 25.0. The summed E-state index contributed by atoms with van der Waals surface area (Å²) in [5.41, 5.74) is 0. The van der Waals surface area contributed by atoms with Crippen LogP contribution in [0.25, 0.3) is 0 Å². The first-order valence-corrected chi connectivity index (χ1v) is 37.7. The maximum atomic E-state index is 14.0. The van der Waals surface area contributed by atoms with E-state index in [2.05, 4.69) is 41.5 Å². The Morgan fingerprint density at radius 3 is 0.727 bits per heavy atom. The molecule has 0 saturated heterocycles. The van der Waals surface area contributed by atoms with Gasteiger partial charge in [0.15, 0.2) is 0 Å². The number of carbonyl (C=O) groups is 2. The molecule has 0 aromatic carbocycles. The average molecular weight is 993 g/mol. The van der Waals surface area contributed by atoms with E-state index in [1.165, 1.54) is 167 Å². The van der Waals surface area contributed by atoms with Crippen LogP contribution in [0, 0.1) is 0 Å². The molecular formula is C48H98O5Sn2. The molecule has 0 bridgehead atoms. The SMILES string of the molecule is CCCCCCC[CH2][Sn]([CH2]CCCCCCC)([O]C(=O)CCCCCCC)[O][Sn]([CH2]CCCCCCC)([CH2]CCCCCCC)[O]C(=O)CCCCCCC. The Hall–Kier alpha value is 0.497. The standard InChI is InChI=1S/2C8H16O2.4C8H17.O.2Sn/c2*1-2-3-4-5-6-7-8(9)10;4*1-3-5-7-8-6-4-2;;;/h2*2-7H2,1H3,(H,9,10);4*1,3-8H2,2H3;;;/q;;;;;;;2*+1/p-2. The molecule has 0 aromatic rings. The third kappa shape index (κ3) is 34.0. The van der Waals surface area contributed by atoms with Crippen LogP contribution in [0.1, 0.15) is 273 Å². The van der Waals surface area contributed by atoms with Crippen molar-refractivity contribution in [3.8, 4) is 0 Å². The number of carbonyl (C=O) groups excluding carboxylic acids is 2. The Kier molecular flexibility index (Phi) is 41.6. The first-order chi connectivity index (χ1) is 26.9. The monoisotopic (exact) mass is 995 g/mol. The molecule has 5 nitrogen and oxygen atoms in total. The Balaban J connectivity index is 6.71. The van der Waals surface area contributed by atoms with Gasteiger partial charge in [-0.25, -0.2) is 0 Å². The second-order valence-corrected chi connectivity index (χ2v) is 39.0. The van der Waals surface area contributed by atoms with Crippen molar-refractivity contribution in [2.75, 3.05) is 0 Å². The molecule has 0 spiro atoms. The fourth-order valence-electron chi connectivity index (χ4n) is 8.00. The van der Waals surface area contributed by atoms with Crippen molar-refractivity contribution in [2.45, 2.75) is 290 Å². The van der Waals surface area contributed by atoms with E-state index in [0.717, 1.165) is 69.1 Å². The summed E-state index contributed by atoms with van der Waals surface area (Å²) >= 11 is -8.13. The molecule has 328 valence electrons. The van der Waals surface area contributed by atoms with E-state index in [-0.39, 0.29) is 11.9 Å². The predicted octanol–water partition coefficient (Wildman–Crippen LogP) is 17.1. The van der Waals surface area contributed by atoms with E-state index in [9.17, 15) is 9.59 Å². The molecule has 0 rings (SSSR count). The molecule has 0 unspecified atom stereocenters. The molecule has 55 heavy (non-hydrogen) atoms. The van der Waals surface area contributed by atoms with E-state index in [4.69, 9.17) is 7.56 Å². The van der Waals surface area contributed by atoms with Gasteiger partial charge in [-0.15, -0.1) is 0 Å². The van der Waals surface area contributed by atoms with Gasteiger partial charge in [-0.1, -0.05) is 0 Å². The van der Waals surface area contributed by atoms with Gasteiger partial charge in [0.1, 0.15) is 0 Å². The summed E-state index contributed by atoms with van der Waals surface area (Å²) in [6.07, 6.45) is 41.6. The van der Waals surface area contributed by atoms with Crippen molar-refractivity contribution in [1.82, 2.24) is 0 Å². The third-order valence-electron chi connectivity index (χ3n) is 11.6. The van der Waals surface area contributed by atoms with Crippen LogP contribution in [-0.2, 0) is 17.1 Å². The van der Waals surface area contributed by atoms with E-state index in [1.54, 1.807) is 0 Å². The number of hydrogen-bond acceptors (Lipinski definition) is 5. The Morgan fingerprint density at radius 1 is 0.291 bits per heavy atom. The van der Waals surface area contributed by atoms with Gasteiger partial charge in [0.25, 0.3) is 0 Å². The van der Waals surface area contributed by atoms with Gasteiger partial charge in [0, 0.05) is 0 Å². The van der Waals surface area contributed by atoms with Gasteiger partial charge < -0.3 is 0 Å². The molecule has 0 saturated carbocycles. The van der Waals surface area contributed by atoms with Gasteiger partial charge in [0.05, 0.1) is 0 Å². The minimum atomic E-state index is -4.06. The molecule has 0 amide bonds. The quantitative estimate of drug-likeness (QED) is 0.0450. The van der Waals surface area contributed by atoms with E-state index in [1.807, 2.05) is 0 Å². The minimum absolute atomic E-state index is 0.00849. The fraction of sp³-hybridized carbons (Fsp3) is 0.958. The number of unbranched alkanes of at least 4 members (excludes halogenated alkanes) is 28. The Morgan fingerprint density at radius 2 is 0.491 bits per heavy atom. The Labute approximate surface area is 355 Å². The fourth-order valence-corrected chi connectivity index (χ4v) is 48.3. The van der Waals surface area contributed by atoms with Crippen LogP contribution in [0.3, 0.4) is 0 Å². The second-order valence-electron chi connectivity index (χ2n) is 17.3. The van der Waals surface area contributed by atoms with Crippen molar-refractivity contribution < 1.29 is 17.1 Å². The van der Waals surface area contributed by atoms with Crippen molar-refractivity contribution in [2.24, 2.45) is 0 Å². The molecule has 0 N–H and O–H groups in total. The van der Waals surface area contributed by atoms with Crippen LogP contribution in [0.15, 0.2) is 0 Å². The zero-order valence-electron chi connectivity index (χ0n) is 38.3. The molecule has 0 aliphatic carbocycles. The van der Waals surface area contributed by atoms with Gasteiger partial charge in [-0.05, 0) is 0 Å². The zero-order valence-corrected chi connectivity index (χ0v) is 44.0. The Bertz CT molecular complexity index is 739. The van der Waals surface area contributed by atoms with Gasteiger partial charge >= 0.3 is 358 Å². The summed E-state index contributed by atoms with van der Waals surface area (Å²) < 4.78 is 25.7. The van der Waals surface area contributed by atoms with E-state index < -0.39 is 38.4 Å². The summed E-state index contributed by atoms with van der Waals surface area (Å²) in [6.45, 7) is 13.6. The van der Waals surface area contributed by atoms with Crippen LogP contribution < -0.4 is 0 Å². The van der Waals surface area contributed by atoms with Crippen molar-refractivity contribution in [3.63, 3.8) is 0 Å². The number of hydrogen-bond donors (Lipinski definition) is 0. The van der Waals surface area contributed by atoms with Crippen LogP contribution in [-0.4, -0.2) is 50.3 Å². The number of rotatable bonds is 44. The van der Waals surface area contributed by atoms with Crippen molar-refractivity contribution in [1.29, 1.82) is 0 Å². The summed E-state index contributed by atoms with van der Waals surface area (Å²) in [4.78, 5) is 27.9.